The number of likely N-dealkylation sites (tertiary alicyclic amines) is 1. The standard InChI is InChI=1S/C25H24FN3O3S/c1-31-17-9-10-21(32-2)18(12-17)20-4-3-11-29(20)13-22-27-24(30)23-19(14-33-25(23)28-22)15-5-7-16(26)8-6-15/h5-10,12,14,20H,3-4,11,13H2,1-2H3,(H,27,28,30)/t20-/m0/s1. The normalized spacial score (nSPS) is 16.4. The molecule has 1 N–H and O–H groups in total. The van der Waals surface area contributed by atoms with Crippen molar-refractivity contribution in [2.45, 2.75) is 25.4 Å². The first-order valence-corrected chi connectivity index (χ1v) is 11.7. The van der Waals surface area contributed by atoms with Crippen LogP contribution in [0.5, 0.6) is 11.5 Å². The Morgan fingerprint density at radius 1 is 1.18 bits per heavy atom. The number of halogens is 1. The third-order valence-electron chi connectivity index (χ3n) is 6.16. The lowest BCUT2D eigenvalue weighted by atomic mass is 10.0. The summed E-state index contributed by atoms with van der Waals surface area (Å²) in [7, 11) is 3.33. The molecule has 2 aromatic heterocycles. The minimum atomic E-state index is -0.305. The van der Waals surface area contributed by atoms with E-state index in [4.69, 9.17) is 14.5 Å². The number of nitrogens with zero attached hydrogens (tertiary/aromatic N) is 2. The van der Waals surface area contributed by atoms with E-state index in [1.165, 1.54) is 23.5 Å². The summed E-state index contributed by atoms with van der Waals surface area (Å²) in [6.45, 7) is 1.43. The molecule has 0 amide bonds. The fraction of sp³-hybridized carbons (Fsp3) is 0.280. The fourth-order valence-electron chi connectivity index (χ4n) is 4.57. The van der Waals surface area contributed by atoms with Gasteiger partial charge in [0.15, 0.2) is 0 Å². The van der Waals surface area contributed by atoms with Crippen LogP contribution in [0.2, 0.25) is 0 Å². The number of methoxy groups -OCH3 is 2. The number of ether oxygens (including phenoxy) is 2. The predicted octanol–water partition coefficient (Wildman–Crippen LogP) is 5.15. The average Bonchev–Trinajstić information content (AvgIpc) is 3.46. The number of hydrogen-bond acceptors (Lipinski definition) is 6. The van der Waals surface area contributed by atoms with Gasteiger partial charge in [-0.25, -0.2) is 9.37 Å². The van der Waals surface area contributed by atoms with Crippen LogP contribution in [-0.4, -0.2) is 35.6 Å². The van der Waals surface area contributed by atoms with E-state index < -0.39 is 0 Å². The van der Waals surface area contributed by atoms with Crippen molar-refractivity contribution >= 4 is 21.6 Å². The van der Waals surface area contributed by atoms with Crippen LogP contribution >= 0.6 is 11.3 Å². The molecule has 4 aromatic rings. The lowest BCUT2D eigenvalue weighted by molar-refractivity contribution is 0.236. The summed E-state index contributed by atoms with van der Waals surface area (Å²) < 4.78 is 24.3. The molecular weight excluding hydrogens is 441 g/mol. The molecule has 6 nitrogen and oxygen atoms in total. The van der Waals surface area contributed by atoms with E-state index in [9.17, 15) is 9.18 Å². The van der Waals surface area contributed by atoms with Gasteiger partial charge in [-0.15, -0.1) is 11.3 Å². The Kier molecular flexibility index (Phi) is 5.86. The minimum Gasteiger partial charge on any atom is -0.497 e. The van der Waals surface area contributed by atoms with Gasteiger partial charge in [0.2, 0.25) is 0 Å². The highest BCUT2D eigenvalue weighted by Gasteiger charge is 2.29. The SMILES string of the molecule is COc1ccc(OC)c([C@@H]2CCCN2Cc2nc3scc(-c4ccc(F)cc4)c3c(=O)[nH]2)c1. The number of thiophene rings is 1. The van der Waals surface area contributed by atoms with Crippen LogP contribution in [0, 0.1) is 5.82 Å². The van der Waals surface area contributed by atoms with Crippen molar-refractivity contribution in [1.29, 1.82) is 0 Å². The Bertz CT molecular complexity index is 1350. The molecule has 1 aliphatic heterocycles. The summed E-state index contributed by atoms with van der Waals surface area (Å²) in [4.78, 5) is 23.7. The molecule has 33 heavy (non-hydrogen) atoms. The van der Waals surface area contributed by atoms with Crippen molar-refractivity contribution in [3.63, 3.8) is 0 Å². The van der Waals surface area contributed by atoms with Gasteiger partial charge in [0.05, 0.1) is 26.2 Å². The van der Waals surface area contributed by atoms with Crippen molar-refractivity contribution in [3.05, 3.63) is 75.4 Å². The molecule has 0 spiro atoms. The van der Waals surface area contributed by atoms with Crippen molar-refractivity contribution < 1.29 is 13.9 Å². The number of hydrogen-bond donors (Lipinski definition) is 1. The van der Waals surface area contributed by atoms with E-state index in [1.807, 2.05) is 23.6 Å². The molecule has 0 aliphatic carbocycles. The van der Waals surface area contributed by atoms with E-state index in [2.05, 4.69) is 9.88 Å². The van der Waals surface area contributed by atoms with Crippen molar-refractivity contribution in [2.24, 2.45) is 0 Å². The molecule has 0 radical (unpaired) electrons. The average molecular weight is 466 g/mol. The highest BCUT2D eigenvalue weighted by Crippen LogP contribution is 2.39. The van der Waals surface area contributed by atoms with E-state index in [-0.39, 0.29) is 17.4 Å². The van der Waals surface area contributed by atoms with Gasteiger partial charge in [-0.2, -0.15) is 0 Å². The van der Waals surface area contributed by atoms with Crippen molar-refractivity contribution in [1.82, 2.24) is 14.9 Å². The van der Waals surface area contributed by atoms with Crippen LogP contribution < -0.4 is 15.0 Å². The summed E-state index contributed by atoms with van der Waals surface area (Å²) in [5.74, 6) is 1.94. The Morgan fingerprint density at radius 3 is 2.76 bits per heavy atom. The molecule has 170 valence electrons. The van der Waals surface area contributed by atoms with Crippen molar-refractivity contribution in [3.8, 4) is 22.6 Å². The quantitative estimate of drug-likeness (QED) is 0.427. The Labute approximate surface area is 194 Å². The maximum Gasteiger partial charge on any atom is 0.260 e. The number of aromatic nitrogens is 2. The molecule has 2 aromatic carbocycles. The van der Waals surface area contributed by atoms with Crippen LogP contribution in [0.25, 0.3) is 21.3 Å². The van der Waals surface area contributed by atoms with Gasteiger partial charge in [0, 0.05) is 22.5 Å². The number of fused-ring (bicyclic) bond motifs is 1. The first kappa shape index (κ1) is 21.6. The van der Waals surface area contributed by atoms with E-state index in [1.54, 1.807) is 26.4 Å². The van der Waals surface area contributed by atoms with Gasteiger partial charge < -0.3 is 14.5 Å². The van der Waals surface area contributed by atoms with Crippen LogP contribution in [0.4, 0.5) is 4.39 Å². The second kappa shape index (κ2) is 8.96. The molecule has 0 unspecified atom stereocenters. The Morgan fingerprint density at radius 2 is 2.00 bits per heavy atom. The molecule has 1 fully saturated rings. The maximum absolute atomic E-state index is 13.3. The number of benzene rings is 2. The number of aromatic amines is 1. The van der Waals surface area contributed by atoms with E-state index in [0.717, 1.165) is 47.6 Å². The van der Waals surface area contributed by atoms with Crippen LogP contribution in [0.15, 0.2) is 52.6 Å². The molecular formula is C25H24FN3O3S. The number of nitrogens with one attached hydrogen (secondary N) is 1. The molecule has 1 aliphatic rings. The first-order chi connectivity index (χ1) is 16.1. The van der Waals surface area contributed by atoms with E-state index in [0.29, 0.717) is 22.6 Å². The first-order valence-electron chi connectivity index (χ1n) is 10.8. The summed E-state index contributed by atoms with van der Waals surface area (Å²) >= 11 is 1.43. The lowest BCUT2D eigenvalue weighted by Gasteiger charge is -2.26. The molecule has 8 heteroatoms. The second-order valence-electron chi connectivity index (χ2n) is 8.09. The van der Waals surface area contributed by atoms with Crippen molar-refractivity contribution in [2.75, 3.05) is 20.8 Å². The van der Waals surface area contributed by atoms with Gasteiger partial charge in [-0.1, -0.05) is 12.1 Å². The maximum atomic E-state index is 13.3. The third kappa shape index (κ3) is 4.12. The summed E-state index contributed by atoms with van der Waals surface area (Å²) in [6.07, 6.45) is 2.04. The van der Waals surface area contributed by atoms with E-state index >= 15 is 0 Å². The number of rotatable bonds is 6. The zero-order chi connectivity index (χ0) is 22.9. The fourth-order valence-corrected chi connectivity index (χ4v) is 5.54. The Balaban J connectivity index is 1.46. The van der Waals surface area contributed by atoms with Crippen LogP contribution in [0.3, 0.4) is 0 Å². The Hall–Kier alpha value is -3.23. The second-order valence-corrected chi connectivity index (χ2v) is 8.94. The third-order valence-corrected chi connectivity index (χ3v) is 7.03. The lowest BCUT2D eigenvalue weighted by Crippen LogP contribution is -2.26. The topological polar surface area (TPSA) is 67.5 Å². The zero-order valence-electron chi connectivity index (χ0n) is 18.4. The van der Waals surface area contributed by atoms with Crippen LogP contribution in [-0.2, 0) is 6.54 Å². The summed E-state index contributed by atoms with van der Waals surface area (Å²) in [5, 5.41) is 2.45. The minimum absolute atomic E-state index is 0.147. The molecule has 5 rings (SSSR count). The molecule has 0 saturated carbocycles. The molecule has 3 heterocycles. The summed E-state index contributed by atoms with van der Waals surface area (Å²) in [5.41, 5.74) is 2.47. The molecule has 1 saturated heterocycles. The van der Waals surface area contributed by atoms with Gasteiger partial charge in [0.25, 0.3) is 5.56 Å². The number of H-pyrrole nitrogens is 1. The largest absolute Gasteiger partial charge is 0.497 e. The smallest absolute Gasteiger partial charge is 0.260 e. The zero-order valence-corrected chi connectivity index (χ0v) is 19.2. The predicted molar refractivity (Wildman–Crippen MR) is 128 cm³/mol. The van der Waals surface area contributed by atoms with Gasteiger partial charge in [0.1, 0.15) is 28.0 Å². The monoisotopic (exact) mass is 465 g/mol. The van der Waals surface area contributed by atoms with Gasteiger partial charge in [-0.05, 0) is 55.3 Å². The van der Waals surface area contributed by atoms with Gasteiger partial charge >= 0.3 is 0 Å². The highest BCUT2D eigenvalue weighted by molar-refractivity contribution is 7.17. The molecule has 0 bridgehead atoms. The van der Waals surface area contributed by atoms with Crippen LogP contribution in [0.1, 0.15) is 30.3 Å². The van der Waals surface area contributed by atoms with Gasteiger partial charge in [-0.3, -0.25) is 9.69 Å². The highest BCUT2D eigenvalue weighted by atomic mass is 32.1. The molecule has 1 atom stereocenters. The summed E-state index contributed by atoms with van der Waals surface area (Å²) in [6, 6.07) is 12.2.